The van der Waals surface area contributed by atoms with Gasteiger partial charge in [-0.15, -0.1) is 0 Å². The summed E-state index contributed by atoms with van der Waals surface area (Å²) in [5, 5.41) is 6.26. The van der Waals surface area contributed by atoms with E-state index in [1.165, 1.54) is 29.2 Å². The summed E-state index contributed by atoms with van der Waals surface area (Å²) in [6, 6.07) is 13.4. The van der Waals surface area contributed by atoms with E-state index >= 15 is 0 Å². The van der Waals surface area contributed by atoms with E-state index in [2.05, 4.69) is 55.6 Å². The van der Waals surface area contributed by atoms with Crippen LogP contribution in [0.25, 0.3) is 10.8 Å². The van der Waals surface area contributed by atoms with Gasteiger partial charge in [0.25, 0.3) is 0 Å². The molecule has 0 spiro atoms. The molecule has 1 saturated carbocycles. The first-order chi connectivity index (χ1) is 10.2. The summed E-state index contributed by atoms with van der Waals surface area (Å²) in [5.41, 5.74) is 1.36. The van der Waals surface area contributed by atoms with Crippen LogP contribution in [0.15, 0.2) is 36.4 Å². The maximum Gasteiger partial charge on any atom is 0.126 e. The maximum atomic E-state index is 5.47. The molecule has 1 fully saturated rings. The van der Waals surface area contributed by atoms with Crippen LogP contribution >= 0.6 is 0 Å². The van der Waals surface area contributed by atoms with E-state index in [1.54, 1.807) is 7.11 Å². The van der Waals surface area contributed by atoms with E-state index in [4.69, 9.17) is 4.74 Å². The lowest BCUT2D eigenvalue weighted by Crippen LogP contribution is -2.31. The van der Waals surface area contributed by atoms with Crippen molar-refractivity contribution in [2.45, 2.75) is 39.3 Å². The molecule has 3 atom stereocenters. The molecule has 0 saturated heterocycles. The molecule has 2 nitrogen and oxygen atoms in total. The number of hydrogen-bond acceptors (Lipinski definition) is 2. The molecular weight excluding hydrogens is 258 g/mol. The Balaban J connectivity index is 1.81. The molecule has 0 heterocycles. The van der Waals surface area contributed by atoms with Crippen molar-refractivity contribution in [3.8, 4) is 5.75 Å². The number of benzene rings is 2. The minimum absolute atomic E-state index is 0.654. The molecule has 1 N–H and O–H groups in total. The van der Waals surface area contributed by atoms with Crippen LogP contribution in [0, 0.1) is 11.8 Å². The van der Waals surface area contributed by atoms with Gasteiger partial charge < -0.3 is 10.1 Å². The van der Waals surface area contributed by atoms with Crippen LogP contribution in [0.5, 0.6) is 5.75 Å². The molecule has 1 aliphatic rings. The van der Waals surface area contributed by atoms with E-state index in [1.807, 2.05) is 0 Å². The van der Waals surface area contributed by atoms with Crippen LogP contribution in [0.3, 0.4) is 0 Å². The molecule has 112 valence electrons. The number of methoxy groups -OCH3 is 1. The molecule has 3 rings (SSSR count). The standard InChI is InChI=1S/C19H25NO/c1-13-8-10-18(14(13)2)20-12-15-9-11-19(21-3)17-7-5-4-6-16(15)17/h4-7,9,11,13-14,18,20H,8,10,12H2,1-3H3. The van der Waals surface area contributed by atoms with Crippen molar-refractivity contribution in [2.24, 2.45) is 11.8 Å². The summed E-state index contributed by atoms with van der Waals surface area (Å²) < 4.78 is 5.47. The molecule has 0 radical (unpaired) electrons. The molecule has 0 aromatic heterocycles. The summed E-state index contributed by atoms with van der Waals surface area (Å²) in [6.07, 6.45) is 2.65. The highest BCUT2D eigenvalue weighted by molar-refractivity contribution is 5.91. The van der Waals surface area contributed by atoms with Crippen molar-refractivity contribution < 1.29 is 4.74 Å². The van der Waals surface area contributed by atoms with Crippen molar-refractivity contribution in [3.05, 3.63) is 42.0 Å². The lowest BCUT2D eigenvalue weighted by molar-refractivity contribution is 0.370. The topological polar surface area (TPSA) is 21.3 Å². The van der Waals surface area contributed by atoms with Crippen LogP contribution in [-0.4, -0.2) is 13.2 Å². The van der Waals surface area contributed by atoms with E-state index in [0.717, 1.165) is 24.1 Å². The molecule has 0 bridgehead atoms. The predicted octanol–water partition coefficient (Wildman–Crippen LogP) is 4.37. The fourth-order valence-electron chi connectivity index (χ4n) is 3.56. The Morgan fingerprint density at radius 2 is 1.81 bits per heavy atom. The average molecular weight is 283 g/mol. The van der Waals surface area contributed by atoms with E-state index < -0.39 is 0 Å². The number of nitrogens with one attached hydrogen (secondary N) is 1. The van der Waals surface area contributed by atoms with Gasteiger partial charge in [0.1, 0.15) is 5.75 Å². The molecule has 2 aromatic rings. The van der Waals surface area contributed by atoms with Gasteiger partial charge in [0.05, 0.1) is 7.11 Å². The van der Waals surface area contributed by atoms with Gasteiger partial charge in [0, 0.05) is 18.0 Å². The molecule has 1 aliphatic carbocycles. The van der Waals surface area contributed by atoms with Gasteiger partial charge in [-0.05, 0) is 41.7 Å². The molecular formula is C19H25NO. The van der Waals surface area contributed by atoms with Gasteiger partial charge in [-0.2, -0.15) is 0 Å². The van der Waals surface area contributed by atoms with Gasteiger partial charge in [0.15, 0.2) is 0 Å². The predicted molar refractivity (Wildman–Crippen MR) is 88.7 cm³/mol. The lowest BCUT2D eigenvalue weighted by Gasteiger charge is -2.20. The van der Waals surface area contributed by atoms with E-state index in [-0.39, 0.29) is 0 Å². The summed E-state index contributed by atoms with van der Waals surface area (Å²) >= 11 is 0. The second-order valence-corrected chi connectivity index (χ2v) is 6.37. The quantitative estimate of drug-likeness (QED) is 0.899. The monoisotopic (exact) mass is 283 g/mol. The highest BCUT2D eigenvalue weighted by Crippen LogP contribution is 2.32. The van der Waals surface area contributed by atoms with E-state index in [9.17, 15) is 0 Å². The van der Waals surface area contributed by atoms with Crippen LogP contribution in [0.1, 0.15) is 32.3 Å². The Morgan fingerprint density at radius 3 is 2.48 bits per heavy atom. The zero-order valence-electron chi connectivity index (χ0n) is 13.2. The highest BCUT2D eigenvalue weighted by atomic mass is 16.5. The zero-order valence-corrected chi connectivity index (χ0v) is 13.2. The lowest BCUT2D eigenvalue weighted by atomic mass is 9.97. The first-order valence-electron chi connectivity index (χ1n) is 7.98. The fraction of sp³-hybridized carbons (Fsp3) is 0.474. The summed E-state index contributed by atoms with van der Waals surface area (Å²) in [5.74, 6) is 2.57. The number of ether oxygens (including phenoxy) is 1. The Labute approximate surface area is 127 Å². The normalized spacial score (nSPS) is 25.4. The fourth-order valence-corrected chi connectivity index (χ4v) is 3.56. The average Bonchev–Trinajstić information content (AvgIpc) is 2.84. The Bertz CT molecular complexity index is 622. The first-order valence-corrected chi connectivity index (χ1v) is 7.98. The van der Waals surface area contributed by atoms with Crippen LogP contribution < -0.4 is 10.1 Å². The second kappa shape index (κ2) is 6.07. The third kappa shape index (κ3) is 2.77. The third-order valence-electron chi connectivity index (χ3n) is 5.21. The molecule has 2 aromatic carbocycles. The largest absolute Gasteiger partial charge is 0.496 e. The molecule has 2 heteroatoms. The van der Waals surface area contributed by atoms with Gasteiger partial charge in [-0.25, -0.2) is 0 Å². The smallest absolute Gasteiger partial charge is 0.126 e. The SMILES string of the molecule is COc1ccc(CNC2CCC(C)C2C)c2ccccc12. The Kier molecular flexibility index (Phi) is 4.16. The van der Waals surface area contributed by atoms with Gasteiger partial charge >= 0.3 is 0 Å². The maximum absolute atomic E-state index is 5.47. The van der Waals surface area contributed by atoms with Crippen LogP contribution in [0.4, 0.5) is 0 Å². The van der Waals surface area contributed by atoms with Crippen molar-refractivity contribution in [3.63, 3.8) is 0 Å². The molecule has 21 heavy (non-hydrogen) atoms. The molecule has 0 amide bonds. The number of fused-ring (bicyclic) bond motifs is 1. The Morgan fingerprint density at radius 1 is 1.05 bits per heavy atom. The van der Waals surface area contributed by atoms with Crippen molar-refractivity contribution in [1.29, 1.82) is 0 Å². The van der Waals surface area contributed by atoms with Crippen molar-refractivity contribution in [1.82, 2.24) is 5.32 Å². The highest BCUT2D eigenvalue weighted by Gasteiger charge is 2.29. The Hall–Kier alpha value is -1.54. The van der Waals surface area contributed by atoms with Crippen molar-refractivity contribution in [2.75, 3.05) is 7.11 Å². The first kappa shape index (κ1) is 14.4. The van der Waals surface area contributed by atoms with Gasteiger partial charge in [-0.3, -0.25) is 0 Å². The minimum atomic E-state index is 0.654. The second-order valence-electron chi connectivity index (χ2n) is 6.37. The molecule has 0 aliphatic heterocycles. The van der Waals surface area contributed by atoms with Gasteiger partial charge in [0.2, 0.25) is 0 Å². The number of rotatable bonds is 4. The van der Waals surface area contributed by atoms with Crippen LogP contribution in [-0.2, 0) is 6.54 Å². The summed E-state index contributed by atoms with van der Waals surface area (Å²) in [7, 11) is 1.74. The summed E-state index contributed by atoms with van der Waals surface area (Å²) in [6.45, 7) is 5.68. The zero-order chi connectivity index (χ0) is 14.8. The molecule has 3 unspecified atom stereocenters. The van der Waals surface area contributed by atoms with Crippen molar-refractivity contribution >= 4 is 10.8 Å². The number of hydrogen-bond donors (Lipinski definition) is 1. The van der Waals surface area contributed by atoms with Crippen LogP contribution in [0.2, 0.25) is 0 Å². The minimum Gasteiger partial charge on any atom is -0.496 e. The van der Waals surface area contributed by atoms with E-state index in [0.29, 0.717) is 6.04 Å². The van der Waals surface area contributed by atoms with Gasteiger partial charge in [-0.1, -0.05) is 44.2 Å². The third-order valence-corrected chi connectivity index (χ3v) is 5.21. The summed E-state index contributed by atoms with van der Waals surface area (Å²) in [4.78, 5) is 0.